The summed E-state index contributed by atoms with van der Waals surface area (Å²) in [7, 11) is 0. The largest absolute Gasteiger partial charge is 0.508 e. The van der Waals surface area contributed by atoms with Gasteiger partial charge in [0.15, 0.2) is 0 Å². The molecular weight excluding hydrogens is 234 g/mol. The summed E-state index contributed by atoms with van der Waals surface area (Å²) in [4.78, 5) is 0. The number of benzene rings is 2. The molecule has 2 aromatic carbocycles. The lowest BCUT2D eigenvalue weighted by Crippen LogP contribution is -2.36. The van der Waals surface area contributed by atoms with Crippen molar-refractivity contribution in [3.8, 4) is 5.75 Å². The molecule has 1 aliphatic carbocycles. The van der Waals surface area contributed by atoms with Crippen molar-refractivity contribution in [2.45, 2.75) is 30.7 Å². The van der Waals surface area contributed by atoms with E-state index in [1.807, 2.05) is 18.2 Å². The summed E-state index contributed by atoms with van der Waals surface area (Å²) in [5, 5.41) is 9.52. The smallest absolute Gasteiger partial charge is 0.115 e. The average molecular weight is 253 g/mol. The molecule has 0 aliphatic heterocycles. The molecule has 0 radical (unpaired) electrons. The summed E-state index contributed by atoms with van der Waals surface area (Å²) >= 11 is 0. The van der Waals surface area contributed by atoms with Gasteiger partial charge in [-0.3, -0.25) is 0 Å². The molecule has 19 heavy (non-hydrogen) atoms. The van der Waals surface area contributed by atoms with Crippen LogP contribution >= 0.6 is 0 Å². The Balaban J connectivity index is 1.79. The van der Waals surface area contributed by atoms with Gasteiger partial charge in [0.1, 0.15) is 5.75 Å². The lowest BCUT2D eigenvalue weighted by Gasteiger charge is -2.24. The van der Waals surface area contributed by atoms with E-state index in [4.69, 9.17) is 5.73 Å². The summed E-state index contributed by atoms with van der Waals surface area (Å²) in [6.45, 7) is 0. The van der Waals surface area contributed by atoms with Gasteiger partial charge in [-0.2, -0.15) is 0 Å². The van der Waals surface area contributed by atoms with Crippen molar-refractivity contribution in [1.29, 1.82) is 0 Å². The molecular formula is C17H19NO. The van der Waals surface area contributed by atoms with Gasteiger partial charge in [0.25, 0.3) is 0 Å². The molecule has 2 aromatic rings. The third-order valence-corrected chi connectivity index (χ3v) is 4.21. The number of aromatic hydroxyl groups is 1. The van der Waals surface area contributed by atoms with Crippen LogP contribution in [0, 0.1) is 0 Å². The highest BCUT2D eigenvalue weighted by Gasteiger charge is 2.48. The van der Waals surface area contributed by atoms with Crippen LogP contribution in [-0.4, -0.2) is 11.1 Å². The molecule has 3 rings (SSSR count). The maximum Gasteiger partial charge on any atom is 0.115 e. The standard InChI is InChI=1S/C17H19NO/c18-16(12-13-5-4-8-15(19)11-13)17(9-10-17)14-6-2-1-3-7-14/h1-8,11,16,19H,9-10,12,18H2. The Bertz CT molecular complexity index is 560. The van der Waals surface area contributed by atoms with Crippen molar-refractivity contribution >= 4 is 0 Å². The summed E-state index contributed by atoms with van der Waals surface area (Å²) in [5.74, 6) is 0.314. The van der Waals surface area contributed by atoms with E-state index in [0.29, 0.717) is 5.75 Å². The SMILES string of the molecule is NC(Cc1cccc(O)c1)C1(c2ccccc2)CC1. The zero-order chi connectivity index (χ0) is 13.3. The minimum absolute atomic E-state index is 0.108. The molecule has 0 saturated heterocycles. The molecule has 98 valence electrons. The predicted molar refractivity (Wildman–Crippen MR) is 77.1 cm³/mol. The normalized spacial score (nSPS) is 17.9. The van der Waals surface area contributed by atoms with E-state index in [0.717, 1.165) is 24.8 Å². The number of phenolic OH excluding ortho intramolecular Hbond substituents is 1. The van der Waals surface area contributed by atoms with Gasteiger partial charge in [-0.15, -0.1) is 0 Å². The summed E-state index contributed by atoms with van der Waals surface area (Å²) < 4.78 is 0. The van der Waals surface area contributed by atoms with Crippen molar-refractivity contribution in [2.24, 2.45) is 5.73 Å². The molecule has 1 fully saturated rings. The van der Waals surface area contributed by atoms with Crippen LogP contribution in [0.5, 0.6) is 5.75 Å². The highest BCUT2D eigenvalue weighted by Crippen LogP contribution is 2.50. The molecule has 3 N–H and O–H groups in total. The van der Waals surface area contributed by atoms with Crippen LogP contribution < -0.4 is 5.73 Å². The van der Waals surface area contributed by atoms with E-state index in [-0.39, 0.29) is 11.5 Å². The van der Waals surface area contributed by atoms with Crippen LogP contribution in [0.15, 0.2) is 54.6 Å². The van der Waals surface area contributed by atoms with E-state index < -0.39 is 0 Å². The van der Waals surface area contributed by atoms with Crippen LogP contribution in [0.4, 0.5) is 0 Å². The second kappa shape index (κ2) is 4.71. The second-order valence-electron chi connectivity index (χ2n) is 5.50. The van der Waals surface area contributed by atoms with Gasteiger partial charge in [0, 0.05) is 11.5 Å². The quantitative estimate of drug-likeness (QED) is 0.880. The Morgan fingerprint density at radius 2 is 1.79 bits per heavy atom. The number of hydrogen-bond acceptors (Lipinski definition) is 2. The van der Waals surface area contributed by atoms with E-state index in [2.05, 4.69) is 24.3 Å². The van der Waals surface area contributed by atoms with Crippen molar-refractivity contribution in [1.82, 2.24) is 0 Å². The van der Waals surface area contributed by atoms with Crippen LogP contribution in [0.25, 0.3) is 0 Å². The van der Waals surface area contributed by atoms with Gasteiger partial charge < -0.3 is 10.8 Å². The predicted octanol–water partition coefficient (Wildman–Crippen LogP) is 2.99. The molecule has 2 heteroatoms. The highest BCUT2D eigenvalue weighted by atomic mass is 16.3. The van der Waals surface area contributed by atoms with Gasteiger partial charge in [0.05, 0.1) is 0 Å². The van der Waals surface area contributed by atoms with E-state index in [1.54, 1.807) is 12.1 Å². The van der Waals surface area contributed by atoms with Gasteiger partial charge >= 0.3 is 0 Å². The monoisotopic (exact) mass is 253 g/mol. The summed E-state index contributed by atoms with van der Waals surface area (Å²) in [6.07, 6.45) is 3.14. The average Bonchev–Trinajstić information content (AvgIpc) is 3.21. The Morgan fingerprint density at radius 3 is 2.42 bits per heavy atom. The first-order valence-corrected chi connectivity index (χ1v) is 6.80. The van der Waals surface area contributed by atoms with Crippen molar-refractivity contribution in [3.63, 3.8) is 0 Å². The van der Waals surface area contributed by atoms with Crippen molar-refractivity contribution in [2.75, 3.05) is 0 Å². The van der Waals surface area contributed by atoms with Crippen LogP contribution in [0.3, 0.4) is 0 Å². The molecule has 0 bridgehead atoms. The van der Waals surface area contributed by atoms with Crippen molar-refractivity contribution < 1.29 is 5.11 Å². The molecule has 0 spiro atoms. The van der Waals surface area contributed by atoms with Crippen LogP contribution in [0.2, 0.25) is 0 Å². The molecule has 0 heterocycles. The highest BCUT2D eigenvalue weighted by molar-refractivity contribution is 5.36. The molecule has 1 unspecified atom stereocenters. The van der Waals surface area contributed by atoms with Gasteiger partial charge in [-0.25, -0.2) is 0 Å². The Kier molecular flexibility index (Phi) is 3.03. The topological polar surface area (TPSA) is 46.2 Å². The second-order valence-corrected chi connectivity index (χ2v) is 5.50. The molecule has 0 aromatic heterocycles. The van der Waals surface area contributed by atoms with E-state index >= 15 is 0 Å². The summed E-state index contributed by atoms with van der Waals surface area (Å²) in [6, 6.07) is 18.1. The zero-order valence-electron chi connectivity index (χ0n) is 10.9. The minimum Gasteiger partial charge on any atom is -0.508 e. The lowest BCUT2D eigenvalue weighted by atomic mass is 9.85. The number of nitrogens with two attached hydrogens (primary N) is 1. The van der Waals surface area contributed by atoms with Crippen LogP contribution in [0.1, 0.15) is 24.0 Å². The van der Waals surface area contributed by atoms with Gasteiger partial charge in [-0.05, 0) is 42.5 Å². The summed E-state index contributed by atoms with van der Waals surface area (Å²) in [5.41, 5.74) is 9.05. The first-order chi connectivity index (χ1) is 9.21. The van der Waals surface area contributed by atoms with Crippen LogP contribution in [-0.2, 0) is 11.8 Å². The third kappa shape index (κ3) is 2.36. The Labute approximate surface area is 113 Å². The molecule has 2 nitrogen and oxygen atoms in total. The molecule has 1 aliphatic rings. The van der Waals surface area contributed by atoms with Gasteiger partial charge in [0.2, 0.25) is 0 Å². The molecule has 1 atom stereocenters. The fourth-order valence-electron chi connectivity index (χ4n) is 2.91. The molecule has 0 amide bonds. The minimum atomic E-state index is 0.108. The first kappa shape index (κ1) is 12.2. The maximum atomic E-state index is 9.52. The lowest BCUT2D eigenvalue weighted by molar-refractivity contribution is 0.472. The van der Waals surface area contributed by atoms with Gasteiger partial charge in [-0.1, -0.05) is 42.5 Å². The van der Waals surface area contributed by atoms with E-state index in [9.17, 15) is 5.11 Å². The maximum absolute atomic E-state index is 9.52. The molecule has 1 saturated carbocycles. The number of rotatable bonds is 4. The zero-order valence-corrected chi connectivity index (χ0v) is 10.9. The number of phenols is 1. The Hall–Kier alpha value is -1.80. The third-order valence-electron chi connectivity index (χ3n) is 4.21. The fourth-order valence-corrected chi connectivity index (χ4v) is 2.91. The first-order valence-electron chi connectivity index (χ1n) is 6.80. The fraction of sp³-hybridized carbons (Fsp3) is 0.294. The Morgan fingerprint density at radius 1 is 1.05 bits per heavy atom. The van der Waals surface area contributed by atoms with Crippen molar-refractivity contribution in [3.05, 3.63) is 65.7 Å². The number of hydrogen-bond donors (Lipinski definition) is 2. The van der Waals surface area contributed by atoms with E-state index in [1.165, 1.54) is 5.56 Å².